The van der Waals surface area contributed by atoms with Crippen molar-refractivity contribution in [2.75, 3.05) is 0 Å². The van der Waals surface area contributed by atoms with Crippen LogP contribution in [-0.2, 0) is 9.47 Å². The van der Waals surface area contributed by atoms with Crippen molar-refractivity contribution >= 4 is 79.9 Å². The molecule has 1 aromatic carbocycles. The van der Waals surface area contributed by atoms with E-state index in [-0.39, 0.29) is 17.1 Å². The van der Waals surface area contributed by atoms with Gasteiger partial charge in [-0.3, -0.25) is 0 Å². The Morgan fingerprint density at radius 1 is 0.978 bits per heavy atom. The van der Waals surface area contributed by atoms with Crippen molar-refractivity contribution in [2.24, 2.45) is 46.3 Å². The number of allylic oxidation sites excluding steroid dienone is 1. The molecular weight excluding hydrogens is 921 g/mol. The number of benzene rings is 1. The fraction of sp³-hybridized carbons (Fsp3) is 0.730. The van der Waals surface area contributed by atoms with Crippen molar-refractivity contribution in [1.29, 1.82) is 0 Å². The van der Waals surface area contributed by atoms with Gasteiger partial charge in [0.2, 0.25) is 6.29 Å². The molecule has 0 aliphatic heterocycles. The van der Waals surface area contributed by atoms with Gasteiger partial charge in [-0.15, -0.1) is 0 Å². The predicted octanol–water partition coefficient (Wildman–Crippen LogP) is 11.5. The molecule has 9 heteroatoms. The van der Waals surface area contributed by atoms with E-state index in [1.807, 2.05) is 45.2 Å². The lowest BCUT2D eigenvalue weighted by molar-refractivity contribution is -0.0806. The zero-order valence-electron chi connectivity index (χ0n) is 28.2. The third kappa shape index (κ3) is 7.41. The molecule has 0 bridgehead atoms. The second-order valence-electron chi connectivity index (χ2n) is 15.5. The van der Waals surface area contributed by atoms with Crippen LogP contribution in [0.15, 0.2) is 17.7 Å². The molecule has 0 heterocycles. The molecule has 1 N–H and O–H groups in total. The van der Waals surface area contributed by atoms with Crippen molar-refractivity contribution < 1.29 is 28.9 Å². The first-order valence-corrected chi connectivity index (χ1v) is 20.5. The number of rotatable bonds is 10. The summed E-state index contributed by atoms with van der Waals surface area (Å²) in [6.07, 6.45) is 14.1. The fourth-order valence-corrected chi connectivity index (χ4v) is 14.2. The summed E-state index contributed by atoms with van der Waals surface area (Å²) in [4.78, 5) is 24.6. The average Bonchev–Trinajstić information content (AvgIpc) is 3.32. The van der Waals surface area contributed by atoms with E-state index in [0.29, 0.717) is 18.3 Å². The minimum absolute atomic E-state index is 0.182. The SMILES string of the molecule is CC(C)CCC[C@@H](C)[C@H]1CCC2C3CC=C4C[C@@H](OC(=O)OC(C)Oc5c(I)cc(I)c(C(=O)O)c5I)CC[C@]4(C)C3CC[C@@]21C. The van der Waals surface area contributed by atoms with Gasteiger partial charge in [-0.05, 0) is 165 Å². The Labute approximate surface area is 316 Å². The van der Waals surface area contributed by atoms with Crippen molar-refractivity contribution in [3.05, 3.63) is 34.0 Å². The summed E-state index contributed by atoms with van der Waals surface area (Å²) >= 11 is 6.10. The summed E-state index contributed by atoms with van der Waals surface area (Å²) in [7, 11) is 0. The summed E-state index contributed by atoms with van der Waals surface area (Å²) in [5.41, 5.74) is 2.32. The first-order chi connectivity index (χ1) is 21.7. The largest absolute Gasteiger partial charge is 0.511 e. The Morgan fingerprint density at radius 3 is 2.41 bits per heavy atom. The minimum Gasteiger partial charge on any atom is -0.478 e. The van der Waals surface area contributed by atoms with Gasteiger partial charge in [-0.25, -0.2) is 9.59 Å². The maximum Gasteiger partial charge on any atom is 0.511 e. The second kappa shape index (κ2) is 14.9. The Balaban J connectivity index is 1.18. The number of carbonyl (C=O) groups is 2. The van der Waals surface area contributed by atoms with E-state index in [1.165, 1.54) is 50.5 Å². The van der Waals surface area contributed by atoms with Gasteiger partial charge in [0, 0.05) is 16.9 Å². The van der Waals surface area contributed by atoms with Crippen LogP contribution in [0.5, 0.6) is 5.75 Å². The molecule has 46 heavy (non-hydrogen) atoms. The topological polar surface area (TPSA) is 82.1 Å². The molecule has 0 saturated heterocycles. The summed E-state index contributed by atoms with van der Waals surface area (Å²) in [5.74, 6) is 4.18. The molecule has 6 nitrogen and oxygen atoms in total. The van der Waals surface area contributed by atoms with Gasteiger partial charge in [-0.2, -0.15) is 0 Å². The van der Waals surface area contributed by atoms with Crippen LogP contribution in [0.4, 0.5) is 4.79 Å². The number of carboxylic acids is 1. The van der Waals surface area contributed by atoms with Crippen LogP contribution in [-0.4, -0.2) is 29.6 Å². The monoisotopic (exact) mass is 972 g/mol. The quantitative estimate of drug-likeness (QED) is 0.109. The second-order valence-corrected chi connectivity index (χ2v) is 18.9. The molecule has 256 valence electrons. The molecule has 0 radical (unpaired) electrons. The van der Waals surface area contributed by atoms with Gasteiger partial charge in [0.1, 0.15) is 6.10 Å². The molecule has 0 amide bonds. The van der Waals surface area contributed by atoms with Crippen molar-refractivity contribution in [3.8, 4) is 5.75 Å². The van der Waals surface area contributed by atoms with E-state index in [4.69, 9.17) is 14.2 Å². The molecule has 5 rings (SSSR count). The van der Waals surface area contributed by atoms with Crippen LogP contribution >= 0.6 is 67.8 Å². The molecule has 0 aromatic heterocycles. The van der Waals surface area contributed by atoms with Crippen LogP contribution in [0.25, 0.3) is 0 Å². The lowest BCUT2D eigenvalue weighted by atomic mass is 9.47. The molecule has 9 atom stereocenters. The zero-order valence-corrected chi connectivity index (χ0v) is 34.6. The van der Waals surface area contributed by atoms with Gasteiger partial charge in [-0.1, -0.05) is 65.5 Å². The molecule has 3 fully saturated rings. The number of halogens is 3. The van der Waals surface area contributed by atoms with Crippen LogP contribution < -0.4 is 4.74 Å². The highest BCUT2D eigenvalue weighted by molar-refractivity contribution is 14.1. The van der Waals surface area contributed by atoms with Crippen LogP contribution in [0, 0.1) is 57.0 Å². The Bertz CT molecular complexity index is 1340. The zero-order chi connectivity index (χ0) is 33.6. The Morgan fingerprint density at radius 2 is 1.72 bits per heavy atom. The van der Waals surface area contributed by atoms with Crippen LogP contribution in [0.1, 0.15) is 123 Å². The summed E-state index contributed by atoms with van der Waals surface area (Å²) in [5, 5.41) is 9.63. The molecule has 4 aliphatic carbocycles. The van der Waals surface area contributed by atoms with Gasteiger partial charge in [0.05, 0.1) is 12.7 Å². The first kappa shape index (κ1) is 37.0. The Hall–Kier alpha value is -0.310. The lowest BCUT2D eigenvalue weighted by Crippen LogP contribution is -2.51. The molecule has 4 aliphatic rings. The van der Waals surface area contributed by atoms with Gasteiger partial charge in [0.15, 0.2) is 5.75 Å². The maximum absolute atomic E-state index is 12.9. The standard InChI is InChI=1S/C37H51I3O6/c1-20(2)8-7-9-21(3)26-12-13-27-25-11-10-23-18-24(14-16-36(23,5)28(25)15-17-37(26,27)6)46-35(43)45-22(4)44-33-30(39)19-29(38)31(32(33)40)34(41)42/h10,19-22,24-28H,7-9,11-18H2,1-6H3,(H,41,42)/t21-,22?,24+,25?,26-,27?,28?,36+,37-/m1/s1. The fourth-order valence-electron chi connectivity index (χ4n) is 10.1. The van der Waals surface area contributed by atoms with Crippen molar-refractivity contribution in [1.82, 2.24) is 0 Å². The number of carbonyl (C=O) groups excluding carboxylic acids is 1. The first-order valence-electron chi connectivity index (χ1n) is 17.3. The molecule has 4 unspecified atom stereocenters. The predicted molar refractivity (Wildman–Crippen MR) is 206 cm³/mol. The van der Waals surface area contributed by atoms with Crippen molar-refractivity contribution in [2.45, 2.75) is 125 Å². The number of hydrogen-bond acceptors (Lipinski definition) is 5. The Kier molecular flexibility index (Phi) is 12.0. The third-order valence-corrected chi connectivity index (χ3v) is 15.1. The highest BCUT2D eigenvalue weighted by Crippen LogP contribution is 2.67. The van der Waals surface area contributed by atoms with Gasteiger partial charge >= 0.3 is 12.1 Å². The molecular formula is C37H51I3O6. The highest BCUT2D eigenvalue weighted by Gasteiger charge is 2.59. The van der Waals surface area contributed by atoms with E-state index in [1.54, 1.807) is 13.0 Å². The highest BCUT2D eigenvalue weighted by atomic mass is 127. The van der Waals surface area contributed by atoms with E-state index in [9.17, 15) is 14.7 Å². The van der Waals surface area contributed by atoms with Crippen molar-refractivity contribution in [3.63, 3.8) is 0 Å². The number of hydrogen-bond donors (Lipinski definition) is 1. The van der Waals surface area contributed by atoms with Crippen LogP contribution in [0.3, 0.4) is 0 Å². The average molecular weight is 973 g/mol. The lowest BCUT2D eigenvalue weighted by Gasteiger charge is -2.58. The number of aromatic carboxylic acids is 1. The van der Waals surface area contributed by atoms with E-state index >= 15 is 0 Å². The van der Waals surface area contributed by atoms with E-state index < -0.39 is 18.4 Å². The maximum atomic E-state index is 12.9. The molecule has 1 aromatic rings. The van der Waals surface area contributed by atoms with E-state index in [0.717, 1.165) is 64.8 Å². The molecule has 0 spiro atoms. The molecule has 3 saturated carbocycles. The summed E-state index contributed by atoms with van der Waals surface area (Å²) in [6.45, 7) is 14.0. The van der Waals surface area contributed by atoms with Crippen LogP contribution in [0.2, 0.25) is 0 Å². The van der Waals surface area contributed by atoms with Gasteiger partial charge < -0.3 is 19.3 Å². The number of ether oxygens (including phenoxy) is 3. The summed E-state index contributed by atoms with van der Waals surface area (Å²) in [6, 6.07) is 1.75. The van der Waals surface area contributed by atoms with Gasteiger partial charge in [0.25, 0.3) is 0 Å². The normalized spacial score (nSPS) is 33.3. The summed E-state index contributed by atoms with van der Waals surface area (Å²) < 4.78 is 19.2. The third-order valence-electron chi connectivity index (χ3n) is 12.4. The smallest absolute Gasteiger partial charge is 0.478 e. The number of fused-ring (bicyclic) bond motifs is 5. The number of carboxylic acid groups (broad SMARTS) is 1. The van der Waals surface area contributed by atoms with E-state index in [2.05, 4.69) is 63.3 Å². The minimum atomic E-state index is -1.02.